The molecule has 0 heterocycles. The Morgan fingerprint density at radius 3 is 2.32 bits per heavy atom. The molecular formula is C30H46N4. The van der Waals surface area contributed by atoms with Crippen molar-refractivity contribution in [2.45, 2.75) is 80.8 Å². The van der Waals surface area contributed by atoms with Crippen molar-refractivity contribution in [2.24, 2.45) is 15.9 Å². The van der Waals surface area contributed by atoms with Crippen LogP contribution in [0.3, 0.4) is 0 Å². The Labute approximate surface area is 209 Å². The molecule has 0 spiro atoms. The van der Waals surface area contributed by atoms with E-state index < -0.39 is 0 Å². The van der Waals surface area contributed by atoms with Crippen LogP contribution in [0, 0.1) is 25.2 Å². The third kappa shape index (κ3) is 12.8. The minimum atomic E-state index is 0.145. The van der Waals surface area contributed by atoms with Crippen molar-refractivity contribution < 1.29 is 0 Å². The number of guanidine groups is 1. The van der Waals surface area contributed by atoms with Crippen molar-refractivity contribution >= 4 is 12.2 Å². The average molecular weight is 463 g/mol. The van der Waals surface area contributed by atoms with Crippen LogP contribution in [0.5, 0.6) is 0 Å². The van der Waals surface area contributed by atoms with E-state index in [4.69, 9.17) is 4.99 Å². The summed E-state index contributed by atoms with van der Waals surface area (Å²) >= 11 is 0. The molecular weight excluding hydrogens is 416 g/mol. The molecule has 0 saturated heterocycles. The molecule has 4 nitrogen and oxygen atoms in total. The van der Waals surface area contributed by atoms with Gasteiger partial charge in [-0.1, -0.05) is 56.9 Å². The summed E-state index contributed by atoms with van der Waals surface area (Å²) in [6, 6.07) is 6.83. The van der Waals surface area contributed by atoms with Crippen LogP contribution >= 0.6 is 0 Å². The molecule has 0 aliphatic carbocycles. The summed E-state index contributed by atoms with van der Waals surface area (Å²) in [6.45, 7) is 25.4. The van der Waals surface area contributed by atoms with Crippen molar-refractivity contribution in [1.82, 2.24) is 10.2 Å². The van der Waals surface area contributed by atoms with E-state index in [1.807, 2.05) is 25.8 Å². The second kappa shape index (κ2) is 16.5. The second-order valence-corrected chi connectivity index (χ2v) is 9.28. The third-order valence-electron chi connectivity index (χ3n) is 4.81. The fourth-order valence-electron chi connectivity index (χ4n) is 3.22. The first-order valence-corrected chi connectivity index (χ1v) is 12.0. The third-order valence-corrected chi connectivity index (χ3v) is 4.81. The molecule has 4 heteroatoms. The predicted molar refractivity (Wildman–Crippen MR) is 152 cm³/mol. The van der Waals surface area contributed by atoms with Gasteiger partial charge in [-0.3, -0.25) is 0 Å². The quantitative estimate of drug-likeness (QED) is 0.175. The van der Waals surface area contributed by atoms with Crippen LogP contribution in [-0.4, -0.2) is 30.2 Å². The maximum atomic E-state index is 4.69. The van der Waals surface area contributed by atoms with Gasteiger partial charge in [0.1, 0.15) is 0 Å². The van der Waals surface area contributed by atoms with Gasteiger partial charge in [-0.2, -0.15) is 0 Å². The first kappa shape index (κ1) is 30.9. The Bertz CT molecular complexity index is 924. The van der Waals surface area contributed by atoms with E-state index in [2.05, 4.69) is 94.7 Å². The van der Waals surface area contributed by atoms with Crippen LogP contribution in [0.2, 0.25) is 0 Å². The topological polar surface area (TPSA) is 40.0 Å². The van der Waals surface area contributed by atoms with E-state index in [1.54, 1.807) is 13.1 Å². The summed E-state index contributed by atoms with van der Waals surface area (Å²) in [4.78, 5) is 11.4. The molecule has 0 saturated carbocycles. The lowest BCUT2D eigenvalue weighted by atomic mass is 9.97. The fourth-order valence-corrected chi connectivity index (χ4v) is 3.22. The smallest absolute Gasteiger partial charge is 0.224 e. The molecule has 0 bridgehead atoms. The summed E-state index contributed by atoms with van der Waals surface area (Å²) in [5, 5.41) is 3.36. The molecule has 0 radical (unpaired) electrons. The van der Waals surface area contributed by atoms with E-state index in [-0.39, 0.29) is 6.04 Å². The highest BCUT2D eigenvalue weighted by atomic mass is 15.3. The van der Waals surface area contributed by atoms with Gasteiger partial charge in [-0.15, -0.1) is 12.3 Å². The molecule has 1 aromatic carbocycles. The highest BCUT2D eigenvalue weighted by Gasteiger charge is 2.11. The number of nitrogens with zero attached hydrogens (tertiary/aromatic N) is 3. The first-order valence-electron chi connectivity index (χ1n) is 12.0. The Morgan fingerprint density at radius 1 is 1.24 bits per heavy atom. The number of nitrogens with one attached hydrogen (secondary N) is 1. The largest absolute Gasteiger partial charge is 0.380 e. The summed E-state index contributed by atoms with van der Waals surface area (Å²) < 4.78 is 0. The number of allylic oxidation sites excluding steroid dienone is 3. The van der Waals surface area contributed by atoms with Gasteiger partial charge in [0.25, 0.3) is 0 Å². The van der Waals surface area contributed by atoms with Gasteiger partial charge in [-0.05, 0) is 70.6 Å². The van der Waals surface area contributed by atoms with Gasteiger partial charge in [0.15, 0.2) is 0 Å². The maximum Gasteiger partial charge on any atom is 0.224 e. The Balaban J connectivity index is 0.00000343. The van der Waals surface area contributed by atoms with Gasteiger partial charge in [0, 0.05) is 37.4 Å². The van der Waals surface area contributed by atoms with Crippen molar-refractivity contribution in [1.29, 1.82) is 0 Å². The molecule has 0 atom stereocenters. The number of benzene rings is 1. The van der Waals surface area contributed by atoms with E-state index in [0.29, 0.717) is 11.9 Å². The zero-order valence-electron chi connectivity index (χ0n) is 23.0. The van der Waals surface area contributed by atoms with E-state index in [0.717, 1.165) is 36.4 Å². The molecule has 186 valence electrons. The van der Waals surface area contributed by atoms with Gasteiger partial charge in [0.2, 0.25) is 5.96 Å². The zero-order chi connectivity index (χ0) is 26.3. The molecule has 0 aliphatic heterocycles. The molecule has 1 rings (SSSR count). The molecule has 0 amide bonds. The Morgan fingerprint density at radius 2 is 1.85 bits per heavy atom. The molecule has 0 fully saturated rings. The standard InChI is InChI=1S/C27H42N4.C3H4/c1-11-26(15-20(4)5)31(10)27(30-21(6)7)29-17-23(9)28-18-24-12-13-25(14-19(2)3)22(8)16-24;1-3-2/h11-13,16-17,19,21,28H,4,9,14-15,18H2,1-3,5-8,10H3;1H,2H3/b26-11-,29-17+,30-27?;. The van der Waals surface area contributed by atoms with Gasteiger partial charge in [-0.25, -0.2) is 9.98 Å². The predicted octanol–water partition coefficient (Wildman–Crippen LogP) is 7.07. The van der Waals surface area contributed by atoms with Gasteiger partial charge in [0.05, 0.1) is 6.21 Å². The number of terminal acetylenes is 1. The first-order chi connectivity index (χ1) is 15.9. The fraction of sp³-hybridized carbons (Fsp3) is 0.467. The number of aliphatic imine (C=N–C) groups is 2. The van der Waals surface area contributed by atoms with Crippen LogP contribution in [0.25, 0.3) is 0 Å². The average Bonchev–Trinajstić information content (AvgIpc) is 2.74. The number of rotatable bonds is 10. The van der Waals surface area contributed by atoms with E-state index in [1.165, 1.54) is 16.7 Å². The van der Waals surface area contributed by atoms with Crippen molar-refractivity contribution in [3.8, 4) is 12.3 Å². The number of aryl methyl sites for hydroxylation is 1. The van der Waals surface area contributed by atoms with Crippen molar-refractivity contribution in [2.75, 3.05) is 7.05 Å². The highest BCUT2D eigenvalue weighted by Crippen LogP contribution is 2.16. The summed E-state index contributed by atoms with van der Waals surface area (Å²) in [6.07, 6.45) is 10.3. The Hall–Kier alpha value is -3.06. The lowest BCUT2D eigenvalue weighted by Gasteiger charge is -2.22. The van der Waals surface area contributed by atoms with E-state index in [9.17, 15) is 0 Å². The Kier molecular flexibility index (Phi) is 15.0. The highest BCUT2D eigenvalue weighted by molar-refractivity contribution is 5.93. The minimum Gasteiger partial charge on any atom is -0.380 e. The normalized spacial score (nSPS) is 11.8. The summed E-state index contributed by atoms with van der Waals surface area (Å²) in [7, 11) is 1.99. The molecule has 0 unspecified atom stereocenters. The van der Waals surface area contributed by atoms with Gasteiger partial charge >= 0.3 is 0 Å². The molecule has 0 aliphatic rings. The van der Waals surface area contributed by atoms with Crippen LogP contribution in [-0.2, 0) is 13.0 Å². The van der Waals surface area contributed by atoms with Crippen molar-refractivity contribution in [3.05, 3.63) is 71.1 Å². The molecule has 0 aromatic heterocycles. The maximum absolute atomic E-state index is 4.69. The molecule has 34 heavy (non-hydrogen) atoms. The van der Waals surface area contributed by atoms with E-state index >= 15 is 0 Å². The SMILES string of the molecule is C#CC.C=C(C)C/C(=C/C)N(C)C(=NC(C)C)/N=C/C(=C)NCc1ccc(CC(C)C)c(C)c1. The lowest BCUT2D eigenvalue weighted by molar-refractivity contribution is 0.586. The zero-order valence-corrected chi connectivity index (χ0v) is 23.0. The van der Waals surface area contributed by atoms with Crippen LogP contribution < -0.4 is 5.32 Å². The van der Waals surface area contributed by atoms with Crippen LogP contribution in [0.15, 0.2) is 64.4 Å². The summed E-state index contributed by atoms with van der Waals surface area (Å²) in [5.74, 6) is 3.58. The monoisotopic (exact) mass is 462 g/mol. The van der Waals surface area contributed by atoms with Crippen molar-refractivity contribution in [3.63, 3.8) is 0 Å². The lowest BCUT2D eigenvalue weighted by Crippen LogP contribution is -2.26. The summed E-state index contributed by atoms with van der Waals surface area (Å²) in [5.41, 5.74) is 7.00. The second-order valence-electron chi connectivity index (χ2n) is 9.28. The van der Waals surface area contributed by atoms with Crippen LogP contribution in [0.4, 0.5) is 0 Å². The van der Waals surface area contributed by atoms with Gasteiger partial charge < -0.3 is 10.2 Å². The number of hydrogen-bond acceptors (Lipinski definition) is 2. The van der Waals surface area contributed by atoms with Crippen LogP contribution in [0.1, 0.15) is 71.6 Å². The minimum absolute atomic E-state index is 0.145. The molecule has 1 N–H and O–H groups in total. The number of hydrogen-bond donors (Lipinski definition) is 1. The molecule has 1 aromatic rings.